The Morgan fingerprint density at radius 3 is 2.31 bits per heavy atom. The number of hydrogen-bond donors (Lipinski definition) is 1. The van der Waals surface area contributed by atoms with E-state index in [-0.39, 0.29) is 12.6 Å². The number of esters is 1. The molecule has 3 rings (SSSR count). The Labute approximate surface area is 158 Å². The van der Waals surface area contributed by atoms with Crippen LogP contribution in [0.1, 0.15) is 41.3 Å². The average Bonchev–Trinajstić information content (AvgIpc) is 2.96. The van der Waals surface area contributed by atoms with E-state index in [1.165, 1.54) is 16.4 Å². The Morgan fingerprint density at radius 2 is 1.69 bits per heavy atom. The van der Waals surface area contributed by atoms with E-state index in [1.807, 2.05) is 38.2 Å². The van der Waals surface area contributed by atoms with Crippen LogP contribution >= 0.6 is 0 Å². The van der Waals surface area contributed by atoms with Gasteiger partial charge in [0, 0.05) is 0 Å². The Morgan fingerprint density at radius 1 is 1.04 bits per heavy atom. The molecule has 0 atom stereocenters. The standard InChI is InChI=1S/C19H23B4NO2/c1-9(2)11-12-14(20)16(22)15(21)13(17(12)24-18(11)23)19(25)26-8-10-6-4-3-5-7-10/h3-7,9,24H,8,20-23H2,1-2H3. The van der Waals surface area contributed by atoms with Crippen molar-refractivity contribution < 1.29 is 9.53 Å². The van der Waals surface area contributed by atoms with E-state index in [2.05, 4.69) is 42.4 Å². The van der Waals surface area contributed by atoms with Gasteiger partial charge in [0.05, 0.1) is 11.1 Å². The molecule has 3 aromatic rings. The van der Waals surface area contributed by atoms with Crippen molar-refractivity contribution in [1.82, 2.24) is 4.98 Å². The van der Waals surface area contributed by atoms with Gasteiger partial charge in [-0.25, -0.2) is 4.79 Å². The van der Waals surface area contributed by atoms with Gasteiger partial charge in [-0.2, -0.15) is 0 Å². The summed E-state index contributed by atoms with van der Waals surface area (Å²) in [5.41, 5.74) is 8.36. The number of carbonyl (C=O) groups excluding carboxylic acids is 1. The Kier molecular flexibility index (Phi) is 5.08. The lowest BCUT2D eigenvalue weighted by Gasteiger charge is -2.16. The molecule has 0 spiro atoms. The molecular weight excluding hydrogens is 317 g/mol. The van der Waals surface area contributed by atoms with Crippen LogP contribution in [0.25, 0.3) is 10.9 Å². The van der Waals surface area contributed by atoms with E-state index in [9.17, 15) is 4.79 Å². The fraction of sp³-hybridized carbons (Fsp3) is 0.211. The second-order valence-corrected chi connectivity index (χ2v) is 7.38. The predicted octanol–water partition coefficient (Wildman–Crippen LogP) is -2.32. The Bertz CT molecular complexity index is 981. The third-order valence-electron chi connectivity index (χ3n) is 5.36. The minimum atomic E-state index is -0.268. The number of fused-ring (bicyclic) bond motifs is 1. The number of H-pyrrole nitrogens is 1. The van der Waals surface area contributed by atoms with Crippen molar-refractivity contribution in [3.05, 3.63) is 47.0 Å². The first-order chi connectivity index (χ1) is 12.3. The van der Waals surface area contributed by atoms with Crippen LogP contribution in [0.2, 0.25) is 0 Å². The summed E-state index contributed by atoms with van der Waals surface area (Å²) in [6.07, 6.45) is 0. The van der Waals surface area contributed by atoms with Crippen LogP contribution in [-0.2, 0) is 11.3 Å². The van der Waals surface area contributed by atoms with E-state index in [0.29, 0.717) is 11.5 Å². The quantitative estimate of drug-likeness (QED) is 0.428. The van der Waals surface area contributed by atoms with Crippen LogP contribution in [0.4, 0.5) is 0 Å². The van der Waals surface area contributed by atoms with Crippen LogP contribution in [0.15, 0.2) is 30.3 Å². The fourth-order valence-corrected chi connectivity index (χ4v) is 3.83. The lowest BCUT2D eigenvalue weighted by atomic mass is 9.68. The van der Waals surface area contributed by atoms with Crippen molar-refractivity contribution in [3.8, 4) is 0 Å². The second-order valence-electron chi connectivity index (χ2n) is 7.38. The fourth-order valence-electron chi connectivity index (χ4n) is 3.83. The third kappa shape index (κ3) is 3.11. The maximum atomic E-state index is 13.0. The van der Waals surface area contributed by atoms with Gasteiger partial charge >= 0.3 is 5.97 Å². The number of carbonyl (C=O) groups is 1. The van der Waals surface area contributed by atoms with Gasteiger partial charge in [-0.15, -0.1) is 0 Å². The highest BCUT2D eigenvalue weighted by molar-refractivity contribution is 6.62. The lowest BCUT2D eigenvalue weighted by molar-refractivity contribution is 0.0476. The summed E-state index contributed by atoms with van der Waals surface area (Å²) in [6, 6.07) is 9.78. The lowest BCUT2D eigenvalue weighted by Crippen LogP contribution is -2.43. The summed E-state index contributed by atoms with van der Waals surface area (Å²) in [5.74, 6) is 0.119. The topological polar surface area (TPSA) is 42.1 Å². The number of aromatic amines is 1. The van der Waals surface area contributed by atoms with Crippen LogP contribution in [0.3, 0.4) is 0 Å². The highest BCUT2D eigenvalue weighted by Gasteiger charge is 2.23. The first kappa shape index (κ1) is 18.5. The smallest absolute Gasteiger partial charge is 0.340 e. The van der Waals surface area contributed by atoms with Gasteiger partial charge in [-0.1, -0.05) is 60.6 Å². The van der Waals surface area contributed by atoms with E-state index in [4.69, 9.17) is 4.74 Å². The SMILES string of the molecule is Bc1[nH]c2c(C(=O)OCc3ccccc3)c(B)c(B)c(B)c2c1C(C)C. The Balaban J connectivity index is 2.10. The number of aromatic nitrogens is 1. The summed E-state index contributed by atoms with van der Waals surface area (Å²) in [5, 5.41) is 1.17. The van der Waals surface area contributed by atoms with Gasteiger partial charge in [0.1, 0.15) is 30.1 Å². The van der Waals surface area contributed by atoms with Crippen LogP contribution in [0, 0.1) is 0 Å². The number of rotatable bonds is 4. The van der Waals surface area contributed by atoms with E-state index < -0.39 is 0 Å². The van der Waals surface area contributed by atoms with Gasteiger partial charge in [-0.05, 0) is 28.0 Å². The molecule has 0 bridgehead atoms. The summed E-state index contributed by atoms with van der Waals surface area (Å²) in [6.45, 7) is 4.67. The molecule has 0 aliphatic rings. The first-order valence-corrected chi connectivity index (χ1v) is 9.15. The van der Waals surface area contributed by atoms with Crippen molar-refractivity contribution >= 4 is 70.2 Å². The summed E-state index contributed by atoms with van der Waals surface area (Å²) in [7, 11) is 8.32. The highest BCUT2D eigenvalue weighted by atomic mass is 16.5. The summed E-state index contributed by atoms with van der Waals surface area (Å²) < 4.78 is 5.65. The molecule has 128 valence electrons. The molecule has 0 aliphatic carbocycles. The maximum Gasteiger partial charge on any atom is 0.340 e. The zero-order valence-electron chi connectivity index (χ0n) is 16.5. The second kappa shape index (κ2) is 7.14. The van der Waals surface area contributed by atoms with Gasteiger partial charge in [0.15, 0.2) is 7.85 Å². The normalized spacial score (nSPS) is 11.2. The third-order valence-corrected chi connectivity index (χ3v) is 5.36. The van der Waals surface area contributed by atoms with Crippen LogP contribution in [-0.4, -0.2) is 42.3 Å². The number of hydrogen-bond acceptors (Lipinski definition) is 2. The number of nitrogens with one attached hydrogen (secondary N) is 1. The average molecular weight is 341 g/mol. The summed E-state index contributed by atoms with van der Waals surface area (Å²) in [4.78, 5) is 16.4. The highest BCUT2D eigenvalue weighted by Crippen LogP contribution is 2.23. The van der Waals surface area contributed by atoms with Gasteiger partial charge in [0.2, 0.25) is 0 Å². The molecule has 26 heavy (non-hydrogen) atoms. The predicted molar refractivity (Wildman–Crippen MR) is 121 cm³/mol. The van der Waals surface area contributed by atoms with E-state index in [0.717, 1.165) is 27.6 Å². The van der Waals surface area contributed by atoms with Gasteiger partial charge in [0.25, 0.3) is 0 Å². The minimum absolute atomic E-state index is 0.268. The molecule has 0 saturated heterocycles. The molecule has 0 unspecified atom stereocenters. The summed E-state index contributed by atoms with van der Waals surface area (Å²) >= 11 is 0. The molecule has 0 saturated carbocycles. The number of ether oxygens (including phenoxy) is 1. The molecule has 0 radical (unpaired) electrons. The minimum Gasteiger partial charge on any atom is -0.457 e. The van der Waals surface area contributed by atoms with E-state index in [1.54, 1.807) is 0 Å². The Hall–Kier alpha value is -2.29. The van der Waals surface area contributed by atoms with Crippen molar-refractivity contribution in [1.29, 1.82) is 0 Å². The molecule has 1 aromatic heterocycles. The van der Waals surface area contributed by atoms with Gasteiger partial charge in [-0.3, -0.25) is 0 Å². The zero-order valence-corrected chi connectivity index (χ0v) is 16.5. The monoisotopic (exact) mass is 341 g/mol. The molecular formula is C19H23B4NO2. The molecule has 2 aromatic carbocycles. The van der Waals surface area contributed by atoms with Crippen molar-refractivity contribution in [2.45, 2.75) is 26.4 Å². The number of benzene rings is 2. The molecule has 0 fully saturated rings. The van der Waals surface area contributed by atoms with Crippen LogP contribution in [0.5, 0.6) is 0 Å². The van der Waals surface area contributed by atoms with Crippen molar-refractivity contribution in [2.75, 3.05) is 0 Å². The van der Waals surface area contributed by atoms with Crippen molar-refractivity contribution in [2.24, 2.45) is 0 Å². The maximum absolute atomic E-state index is 13.0. The zero-order chi connectivity index (χ0) is 19.0. The molecule has 0 amide bonds. The van der Waals surface area contributed by atoms with Gasteiger partial charge < -0.3 is 9.72 Å². The molecule has 1 N–H and O–H groups in total. The van der Waals surface area contributed by atoms with Crippen LogP contribution < -0.4 is 22.0 Å². The first-order valence-electron chi connectivity index (χ1n) is 9.15. The molecule has 3 nitrogen and oxygen atoms in total. The largest absolute Gasteiger partial charge is 0.457 e. The molecule has 0 aliphatic heterocycles. The van der Waals surface area contributed by atoms with Crippen molar-refractivity contribution in [3.63, 3.8) is 0 Å². The van der Waals surface area contributed by atoms with E-state index >= 15 is 0 Å². The molecule has 7 heteroatoms. The molecule has 1 heterocycles.